The number of carbonyl (C=O) groups is 2. The summed E-state index contributed by atoms with van der Waals surface area (Å²) in [6.45, 7) is 2.13. The summed E-state index contributed by atoms with van der Waals surface area (Å²) in [5.41, 5.74) is 4.77. The van der Waals surface area contributed by atoms with Crippen LogP contribution in [0, 0.1) is 0 Å². The maximum atomic E-state index is 12.9. The van der Waals surface area contributed by atoms with E-state index in [0.29, 0.717) is 28.0 Å². The molecule has 2 aliphatic rings. The molecule has 0 aliphatic carbocycles. The Morgan fingerprint density at radius 2 is 1.89 bits per heavy atom. The van der Waals surface area contributed by atoms with Gasteiger partial charge in [-0.25, -0.2) is 5.01 Å². The van der Waals surface area contributed by atoms with Crippen molar-refractivity contribution in [1.82, 2.24) is 5.01 Å². The van der Waals surface area contributed by atoms with Gasteiger partial charge in [-0.2, -0.15) is 10.1 Å². The first-order chi connectivity index (χ1) is 18.4. The molecule has 2 amide bonds. The summed E-state index contributed by atoms with van der Waals surface area (Å²) >= 11 is 7.35. The average Bonchev–Trinajstić information content (AvgIpc) is 3.53. The summed E-state index contributed by atoms with van der Waals surface area (Å²) < 4.78 is 5.30. The highest BCUT2D eigenvalue weighted by atomic mass is 35.5. The van der Waals surface area contributed by atoms with E-state index in [4.69, 9.17) is 21.4 Å². The van der Waals surface area contributed by atoms with Crippen LogP contribution in [0.5, 0.6) is 5.75 Å². The number of rotatable bonds is 7. The van der Waals surface area contributed by atoms with Gasteiger partial charge in [0.15, 0.2) is 5.17 Å². The molecule has 7 nitrogen and oxygen atoms in total. The molecule has 3 aromatic rings. The number of ether oxygens (including phenoxy) is 1. The van der Waals surface area contributed by atoms with E-state index in [-0.39, 0.29) is 24.3 Å². The normalized spacial score (nSPS) is 18.8. The summed E-state index contributed by atoms with van der Waals surface area (Å²) in [7, 11) is 1.52. The Balaban J connectivity index is 1.34. The lowest BCUT2D eigenvalue weighted by Crippen LogP contribution is -2.25. The standard InChI is InChI=1S/C29H27ClN4O3S/c1-3-18-9-11-20(12-10-18)24-16-22(19-7-5-4-6-8-19)33-34(24)29-32-28(36)26(38-29)17-27(35)31-23-15-21(30)13-14-25(23)37-2/h4-15,24,26H,3,16-17H2,1-2H3,(H,31,35)/t24-,26+/m0/s1. The molecule has 0 unspecified atom stereocenters. The van der Waals surface area contributed by atoms with Crippen molar-refractivity contribution < 1.29 is 14.3 Å². The molecule has 38 heavy (non-hydrogen) atoms. The van der Waals surface area contributed by atoms with Gasteiger partial charge in [-0.3, -0.25) is 9.59 Å². The van der Waals surface area contributed by atoms with E-state index in [9.17, 15) is 9.59 Å². The van der Waals surface area contributed by atoms with Crippen LogP contribution < -0.4 is 10.1 Å². The molecule has 2 heterocycles. The lowest BCUT2D eigenvalue weighted by molar-refractivity contribution is -0.121. The summed E-state index contributed by atoms with van der Waals surface area (Å²) in [4.78, 5) is 30.0. The highest BCUT2D eigenvalue weighted by Gasteiger charge is 2.39. The Bertz CT molecular complexity index is 1410. The fraction of sp³-hybridized carbons (Fsp3) is 0.241. The number of halogens is 1. The van der Waals surface area contributed by atoms with Crippen molar-refractivity contribution in [1.29, 1.82) is 0 Å². The number of methoxy groups -OCH3 is 1. The quantitative estimate of drug-likeness (QED) is 0.388. The van der Waals surface area contributed by atoms with Crippen LogP contribution in [0.4, 0.5) is 5.69 Å². The van der Waals surface area contributed by atoms with Crippen LogP contribution in [0.1, 0.15) is 42.5 Å². The minimum Gasteiger partial charge on any atom is -0.495 e. The second kappa shape index (κ2) is 11.4. The number of carbonyl (C=O) groups excluding carboxylic acids is 2. The van der Waals surface area contributed by atoms with E-state index >= 15 is 0 Å². The molecular weight excluding hydrogens is 520 g/mol. The molecule has 0 fully saturated rings. The Morgan fingerprint density at radius 1 is 1.13 bits per heavy atom. The van der Waals surface area contributed by atoms with Crippen LogP contribution in [-0.4, -0.2) is 40.1 Å². The maximum absolute atomic E-state index is 12.9. The van der Waals surface area contributed by atoms with Crippen LogP contribution in [0.3, 0.4) is 0 Å². The predicted molar refractivity (Wildman–Crippen MR) is 153 cm³/mol. The molecule has 2 aliphatic heterocycles. The fourth-order valence-corrected chi connectivity index (χ4v) is 5.71. The highest BCUT2D eigenvalue weighted by molar-refractivity contribution is 8.15. The van der Waals surface area contributed by atoms with Gasteiger partial charge in [0.05, 0.1) is 24.6 Å². The van der Waals surface area contributed by atoms with Crippen molar-refractivity contribution in [3.8, 4) is 5.75 Å². The molecule has 0 radical (unpaired) electrons. The van der Waals surface area contributed by atoms with Crippen molar-refractivity contribution in [3.05, 3.63) is 94.5 Å². The zero-order valence-electron chi connectivity index (χ0n) is 21.1. The number of nitrogens with zero attached hydrogens (tertiary/aromatic N) is 3. The third-order valence-corrected chi connectivity index (χ3v) is 7.90. The lowest BCUT2D eigenvalue weighted by Gasteiger charge is -2.23. The second-order valence-corrected chi connectivity index (χ2v) is 10.6. The van der Waals surface area contributed by atoms with Crippen LogP contribution in [0.15, 0.2) is 82.9 Å². The summed E-state index contributed by atoms with van der Waals surface area (Å²) in [5.74, 6) is -0.182. The molecule has 9 heteroatoms. The lowest BCUT2D eigenvalue weighted by atomic mass is 9.97. The number of hydrazone groups is 1. The van der Waals surface area contributed by atoms with E-state index in [1.54, 1.807) is 18.2 Å². The molecule has 5 rings (SSSR count). The Kier molecular flexibility index (Phi) is 7.81. The van der Waals surface area contributed by atoms with E-state index in [1.165, 1.54) is 24.4 Å². The van der Waals surface area contributed by atoms with E-state index in [2.05, 4.69) is 41.5 Å². The van der Waals surface area contributed by atoms with Crippen molar-refractivity contribution >= 4 is 51.7 Å². The SMILES string of the molecule is CCc1ccc([C@@H]2CC(c3ccccc3)=NN2C2=NC(=O)[C@@H](CC(=O)Nc3cc(Cl)ccc3OC)S2)cc1. The van der Waals surface area contributed by atoms with Gasteiger partial charge in [0.1, 0.15) is 11.0 Å². The van der Waals surface area contributed by atoms with Gasteiger partial charge in [-0.05, 0) is 41.3 Å². The predicted octanol–water partition coefficient (Wildman–Crippen LogP) is 6.09. The second-order valence-electron chi connectivity index (χ2n) is 9.01. The first kappa shape index (κ1) is 26.0. The smallest absolute Gasteiger partial charge is 0.262 e. The number of aryl methyl sites for hydroxylation is 1. The number of amides is 2. The highest BCUT2D eigenvalue weighted by Crippen LogP contribution is 2.39. The van der Waals surface area contributed by atoms with Crippen LogP contribution in [-0.2, 0) is 16.0 Å². The molecular formula is C29H27ClN4O3S. The first-order valence-corrected chi connectivity index (χ1v) is 13.6. The Hall–Kier alpha value is -3.62. The van der Waals surface area contributed by atoms with E-state index < -0.39 is 5.25 Å². The van der Waals surface area contributed by atoms with Crippen LogP contribution in [0.25, 0.3) is 0 Å². The maximum Gasteiger partial charge on any atom is 0.262 e. The van der Waals surface area contributed by atoms with Gasteiger partial charge >= 0.3 is 0 Å². The fourth-order valence-electron chi connectivity index (χ4n) is 4.48. The van der Waals surface area contributed by atoms with Gasteiger partial charge in [-0.1, -0.05) is 84.9 Å². The first-order valence-electron chi connectivity index (χ1n) is 12.4. The molecule has 0 bridgehead atoms. The number of hydrogen-bond acceptors (Lipinski definition) is 6. The van der Waals surface area contributed by atoms with Crippen molar-refractivity contribution in [3.63, 3.8) is 0 Å². The minimum absolute atomic E-state index is 0.0366. The van der Waals surface area contributed by atoms with Crippen molar-refractivity contribution in [2.24, 2.45) is 10.1 Å². The Labute approximate surface area is 230 Å². The van der Waals surface area contributed by atoms with Gasteiger partial charge < -0.3 is 10.1 Å². The molecule has 0 spiro atoms. The number of hydrogen-bond donors (Lipinski definition) is 1. The van der Waals surface area contributed by atoms with Gasteiger partial charge in [0, 0.05) is 17.9 Å². The number of thioether (sulfide) groups is 1. The summed E-state index contributed by atoms with van der Waals surface area (Å²) in [5, 5.41) is 9.87. The monoisotopic (exact) mass is 546 g/mol. The van der Waals surface area contributed by atoms with Gasteiger partial charge in [0.25, 0.3) is 5.91 Å². The molecule has 1 N–H and O–H groups in total. The topological polar surface area (TPSA) is 83.4 Å². The van der Waals surface area contributed by atoms with Crippen molar-refractivity contribution in [2.75, 3.05) is 12.4 Å². The number of nitrogens with one attached hydrogen (secondary N) is 1. The molecule has 194 valence electrons. The Morgan fingerprint density at radius 3 is 2.61 bits per heavy atom. The largest absolute Gasteiger partial charge is 0.495 e. The molecule has 0 saturated carbocycles. The molecule has 2 atom stereocenters. The third kappa shape index (κ3) is 5.61. The zero-order valence-corrected chi connectivity index (χ0v) is 22.6. The van der Waals surface area contributed by atoms with Gasteiger partial charge in [0.2, 0.25) is 5.91 Å². The molecule has 0 saturated heterocycles. The van der Waals surface area contributed by atoms with E-state index in [0.717, 1.165) is 23.3 Å². The average molecular weight is 547 g/mol. The number of amidine groups is 1. The molecule has 0 aromatic heterocycles. The zero-order chi connectivity index (χ0) is 26.6. The molecule has 3 aromatic carbocycles. The van der Waals surface area contributed by atoms with Gasteiger partial charge in [-0.15, -0.1) is 0 Å². The van der Waals surface area contributed by atoms with Crippen LogP contribution in [0.2, 0.25) is 5.02 Å². The minimum atomic E-state index is -0.644. The van der Waals surface area contributed by atoms with Crippen LogP contribution >= 0.6 is 23.4 Å². The number of aliphatic imine (C=N–C) groups is 1. The summed E-state index contributed by atoms with van der Waals surface area (Å²) in [6, 6.07) is 23.4. The number of anilines is 1. The number of benzene rings is 3. The third-order valence-electron chi connectivity index (χ3n) is 6.52. The van der Waals surface area contributed by atoms with E-state index in [1.807, 2.05) is 35.3 Å². The summed E-state index contributed by atoms with van der Waals surface area (Å²) in [6.07, 6.45) is 1.61. The van der Waals surface area contributed by atoms with Crippen molar-refractivity contribution in [2.45, 2.75) is 37.5 Å².